The lowest BCUT2D eigenvalue weighted by Gasteiger charge is -2.14. The van der Waals surface area contributed by atoms with Gasteiger partial charge in [0.25, 0.3) is 0 Å². The molecule has 0 saturated heterocycles. The van der Waals surface area contributed by atoms with Gasteiger partial charge < -0.3 is 10.8 Å². The number of halogens is 1. The van der Waals surface area contributed by atoms with Crippen molar-refractivity contribution in [2.45, 2.75) is 44.0 Å². The van der Waals surface area contributed by atoms with Gasteiger partial charge >= 0.3 is 5.97 Å². The maximum Gasteiger partial charge on any atom is 0.321 e. The molecule has 0 bridgehead atoms. The van der Waals surface area contributed by atoms with Crippen LogP contribution >= 0.6 is 11.6 Å². The average Bonchev–Trinajstić information content (AvgIpc) is 2.46. The fraction of sp³-hybridized carbons (Fsp3) is 0.467. The van der Waals surface area contributed by atoms with E-state index in [0.717, 1.165) is 5.56 Å². The van der Waals surface area contributed by atoms with E-state index in [1.54, 1.807) is 12.1 Å². The Balaban J connectivity index is 0.00000118. The summed E-state index contributed by atoms with van der Waals surface area (Å²) in [4.78, 5) is 20.4. The summed E-state index contributed by atoms with van der Waals surface area (Å²) in [6.07, 6.45) is 1.44. The second-order valence-corrected chi connectivity index (χ2v) is 7.33. The molecule has 4 N–H and O–H groups in total. The minimum Gasteiger partial charge on any atom is -0.480 e. The number of nitrogens with one attached hydrogen (secondary N) is 1. The predicted octanol–water partition coefficient (Wildman–Crippen LogP) is 1.63. The molecule has 1 aromatic carbocycles. The molecule has 7 nitrogen and oxygen atoms in total. The van der Waals surface area contributed by atoms with Crippen LogP contribution in [0.2, 0.25) is 0 Å². The van der Waals surface area contributed by atoms with Crippen molar-refractivity contribution in [3.8, 4) is 0 Å². The molecule has 0 aliphatic rings. The van der Waals surface area contributed by atoms with E-state index >= 15 is 0 Å². The number of hydrogen-bond acceptors (Lipinski definition) is 5. The van der Waals surface area contributed by atoms with E-state index in [1.165, 1.54) is 19.1 Å². The van der Waals surface area contributed by atoms with E-state index in [-0.39, 0.29) is 16.6 Å². The van der Waals surface area contributed by atoms with E-state index in [0.29, 0.717) is 19.4 Å². The number of benzene rings is 1. The maximum absolute atomic E-state index is 12.1. The van der Waals surface area contributed by atoms with Crippen LogP contribution in [-0.4, -0.2) is 37.3 Å². The summed E-state index contributed by atoms with van der Waals surface area (Å²) in [7, 11) is -3.82. The lowest BCUT2D eigenvalue weighted by Crippen LogP contribution is -2.40. The number of carboxylic acid groups (broad SMARTS) is 1. The zero-order valence-corrected chi connectivity index (χ0v) is 15.2. The molecule has 0 amide bonds. The Morgan fingerprint density at radius 3 is 2.17 bits per heavy atom. The second-order valence-electron chi connectivity index (χ2n) is 5.08. The fourth-order valence-electron chi connectivity index (χ4n) is 1.70. The van der Waals surface area contributed by atoms with Gasteiger partial charge in [0.1, 0.15) is 6.04 Å². The number of carbonyl (C=O) groups excluding carboxylic acids is 1. The summed E-state index contributed by atoms with van der Waals surface area (Å²) in [6.45, 7) is 3.59. The molecule has 0 spiro atoms. The van der Waals surface area contributed by atoms with Gasteiger partial charge in [0.05, 0.1) is 4.90 Å². The molecule has 9 heteroatoms. The third-order valence-electron chi connectivity index (χ3n) is 2.87. The number of carbonyl (C=O) groups is 2. The van der Waals surface area contributed by atoms with Gasteiger partial charge in [-0.15, -0.1) is 0 Å². The minimum atomic E-state index is -3.82. The van der Waals surface area contributed by atoms with Crippen molar-refractivity contribution >= 4 is 32.8 Å². The molecule has 0 fully saturated rings. The standard InChI is InChI=1S/C13H20N2O4S.C2H3ClO/c1-10-5-7-11(8-6-10)20(18,19)15-12(13(16)17)4-2-3-9-14;1-2(3)4/h5-8,12,15H,2-4,9,14H2,1H3,(H,16,17);1H3/t12-;/m0./s1. The molecule has 0 radical (unpaired) electrons. The summed E-state index contributed by atoms with van der Waals surface area (Å²) >= 11 is 4.64. The predicted molar refractivity (Wildman–Crippen MR) is 92.4 cm³/mol. The molecule has 1 atom stereocenters. The molecule has 1 rings (SSSR count). The molecule has 1 aromatic rings. The number of rotatable bonds is 8. The quantitative estimate of drug-likeness (QED) is 0.466. The number of aryl methyl sites for hydroxylation is 1. The van der Waals surface area contributed by atoms with Gasteiger partial charge in [-0.3, -0.25) is 9.59 Å². The van der Waals surface area contributed by atoms with Gasteiger partial charge in [-0.25, -0.2) is 8.42 Å². The molecule has 0 aliphatic carbocycles. The third kappa shape index (κ3) is 9.61. The van der Waals surface area contributed by atoms with Crippen molar-refractivity contribution < 1.29 is 23.1 Å². The third-order valence-corrected chi connectivity index (χ3v) is 4.36. The van der Waals surface area contributed by atoms with Crippen molar-refractivity contribution in [1.82, 2.24) is 4.72 Å². The number of aliphatic carboxylic acids is 1. The number of sulfonamides is 1. The molecule has 136 valence electrons. The van der Waals surface area contributed by atoms with Crippen molar-refractivity contribution in [3.05, 3.63) is 29.8 Å². The van der Waals surface area contributed by atoms with Crippen LogP contribution in [0.25, 0.3) is 0 Å². The summed E-state index contributed by atoms with van der Waals surface area (Å²) < 4.78 is 26.4. The van der Waals surface area contributed by atoms with Gasteiger partial charge in [-0.1, -0.05) is 24.1 Å². The molecule has 24 heavy (non-hydrogen) atoms. The number of hydrogen-bond donors (Lipinski definition) is 3. The zero-order chi connectivity index (χ0) is 18.8. The number of carboxylic acids is 1. The molecule has 0 heterocycles. The Hall–Kier alpha value is -1.48. The van der Waals surface area contributed by atoms with Crippen LogP contribution in [0.5, 0.6) is 0 Å². The average molecular weight is 379 g/mol. The van der Waals surface area contributed by atoms with Crippen LogP contribution in [0.15, 0.2) is 29.2 Å². The Morgan fingerprint density at radius 2 is 1.75 bits per heavy atom. The van der Waals surface area contributed by atoms with Gasteiger partial charge in [0.15, 0.2) is 0 Å². The first-order chi connectivity index (χ1) is 11.1. The molecule has 0 aliphatic heterocycles. The van der Waals surface area contributed by atoms with Gasteiger partial charge in [0, 0.05) is 6.92 Å². The Kier molecular flexibility index (Phi) is 10.5. The minimum absolute atomic E-state index is 0.0631. The van der Waals surface area contributed by atoms with E-state index in [2.05, 4.69) is 16.3 Å². The van der Waals surface area contributed by atoms with E-state index in [9.17, 15) is 18.0 Å². The Labute approximate surface area is 147 Å². The Bertz CT molecular complexity index is 628. The molecular formula is C15H23ClN2O5S. The molecular weight excluding hydrogens is 356 g/mol. The topological polar surface area (TPSA) is 127 Å². The first-order valence-electron chi connectivity index (χ1n) is 7.28. The highest BCUT2D eigenvalue weighted by atomic mass is 35.5. The number of nitrogens with two attached hydrogens (primary N) is 1. The van der Waals surface area contributed by atoms with Gasteiger partial charge in [0.2, 0.25) is 15.3 Å². The van der Waals surface area contributed by atoms with Crippen LogP contribution in [-0.2, 0) is 19.6 Å². The normalized spacial score (nSPS) is 12.0. The summed E-state index contributed by atoms with van der Waals surface area (Å²) in [6, 6.07) is 5.11. The second kappa shape index (κ2) is 11.1. The first kappa shape index (κ1) is 22.5. The SMILES string of the molecule is CC(=O)Cl.Cc1ccc(S(=O)(=O)N[C@@H](CCCCN)C(=O)O)cc1. The summed E-state index contributed by atoms with van der Waals surface area (Å²) in [5, 5.41) is 8.71. The van der Waals surface area contributed by atoms with Crippen molar-refractivity contribution in [3.63, 3.8) is 0 Å². The van der Waals surface area contributed by atoms with Crippen molar-refractivity contribution in [2.75, 3.05) is 6.54 Å². The zero-order valence-electron chi connectivity index (χ0n) is 13.7. The smallest absolute Gasteiger partial charge is 0.321 e. The first-order valence-corrected chi connectivity index (χ1v) is 9.14. The van der Waals surface area contributed by atoms with E-state index in [1.807, 2.05) is 6.92 Å². The molecule has 0 unspecified atom stereocenters. The van der Waals surface area contributed by atoms with Gasteiger partial charge in [-0.05, 0) is 50.0 Å². The van der Waals surface area contributed by atoms with Crippen LogP contribution in [0.1, 0.15) is 31.7 Å². The van der Waals surface area contributed by atoms with Crippen LogP contribution < -0.4 is 10.5 Å². The van der Waals surface area contributed by atoms with E-state index < -0.39 is 22.0 Å². The highest BCUT2D eigenvalue weighted by Crippen LogP contribution is 2.12. The molecule has 0 saturated carbocycles. The van der Waals surface area contributed by atoms with Crippen LogP contribution in [0, 0.1) is 6.92 Å². The monoisotopic (exact) mass is 378 g/mol. The summed E-state index contributed by atoms with van der Waals surface area (Å²) in [5.74, 6) is -1.18. The largest absolute Gasteiger partial charge is 0.480 e. The summed E-state index contributed by atoms with van der Waals surface area (Å²) in [5.41, 5.74) is 6.27. The number of unbranched alkanes of at least 4 members (excludes halogenated alkanes) is 1. The molecule has 0 aromatic heterocycles. The Morgan fingerprint density at radius 1 is 1.25 bits per heavy atom. The van der Waals surface area contributed by atoms with Crippen molar-refractivity contribution in [2.24, 2.45) is 5.73 Å². The van der Waals surface area contributed by atoms with Gasteiger partial charge in [-0.2, -0.15) is 4.72 Å². The lowest BCUT2D eigenvalue weighted by molar-refractivity contribution is -0.139. The lowest BCUT2D eigenvalue weighted by atomic mass is 10.1. The maximum atomic E-state index is 12.1. The van der Waals surface area contributed by atoms with E-state index in [4.69, 9.17) is 10.8 Å². The highest BCUT2D eigenvalue weighted by molar-refractivity contribution is 7.89. The fourth-order valence-corrected chi connectivity index (χ4v) is 2.92. The van der Waals surface area contributed by atoms with Crippen LogP contribution in [0.3, 0.4) is 0 Å². The highest BCUT2D eigenvalue weighted by Gasteiger charge is 2.24. The van der Waals surface area contributed by atoms with Crippen molar-refractivity contribution in [1.29, 1.82) is 0 Å². The van der Waals surface area contributed by atoms with Crippen LogP contribution in [0.4, 0.5) is 0 Å².